The number of amides is 1. The fraction of sp³-hybridized carbons (Fsp3) is 0.500. The molecule has 2 fully saturated rings. The fourth-order valence-electron chi connectivity index (χ4n) is 4.51. The molecule has 0 radical (unpaired) electrons. The van der Waals surface area contributed by atoms with Gasteiger partial charge in [0, 0.05) is 62.9 Å². The Hall–Kier alpha value is -2.57. The van der Waals surface area contributed by atoms with Crippen LogP contribution in [0.15, 0.2) is 42.5 Å². The minimum absolute atomic E-state index is 0.102. The first-order valence-corrected chi connectivity index (χ1v) is 12.0. The highest BCUT2D eigenvalue weighted by Gasteiger charge is 2.16. The molecule has 0 bridgehead atoms. The zero-order chi connectivity index (χ0) is 22.3. The van der Waals surface area contributed by atoms with Gasteiger partial charge in [0.2, 0.25) is 5.91 Å². The first-order valence-electron chi connectivity index (χ1n) is 12.0. The molecule has 172 valence electrons. The number of hydrogen-bond acceptors (Lipinski definition) is 5. The van der Waals surface area contributed by atoms with Crippen molar-refractivity contribution in [1.29, 1.82) is 0 Å². The monoisotopic (exact) mass is 435 g/mol. The third kappa shape index (κ3) is 6.24. The number of carbonyl (C=O) groups excluding carboxylic acids is 1. The van der Waals surface area contributed by atoms with Crippen molar-refractivity contribution in [2.75, 3.05) is 63.1 Å². The van der Waals surface area contributed by atoms with E-state index in [1.807, 2.05) is 0 Å². The molecule has 0 spiro atoms. The molecule has 2 aromatic rings. The second-order valence-corrected chi connectivity index (χ2v) is 9.22. The number of likely N-dealkylation sites (N-methyl/N-ethyl adjacent to an activating group) is 1. The van der Waals surface area contributed by atoms with Crippen LogP contribution in [0.1, 0.15) is 30.4 Å². The normalized spacial score (nSPS) is 17.9. The molecule has 4 rings (SSSR count). The molecule has 0 saturated carbocycles. The van der Waals surface area contributed by atoms with Crippen molar-refractivity contribution < 1.29 is 4.79 Å². The van der Waals surface area contributed by atoms with Crippen molar-refractivity contribution in [2.24, 2.45) is 0 Å². The van der Waals surface area contributed by atoms with Crippen LogP contribution in [0.3, 0.4) is 0 Å². The number of nitrogens with zero attached hydrogens (tertiary/aromatic N) is 3. The Balaban J connectivity index is 1.27. The highest BCUT2D eigenvalue weighted by molar-refractivity contribution is 5.78. The molecule has 2 saturated heterocycles. The highest BCUT2D eigenvalue weighted by Crippen LogP contribution is 2.24. The van der Waals surface area contributed by atoms with Crippen molar-refractivity contribution >= 4 is 23.0 Å². The molecule has 1 amide bonds. The summed E-state index contributed by atoms with van der Waals surface area (Å²) < 4.78 is 0. The lowest BCUT2D eigenvalue weighted by atomic mass is 10.1. The quantitative estimate of drug-likeness (QED) is 0.696. The second kappa shape index (κ2) is 10.8. The summed E-state index contributed by atoms with van der Waals surface area (Å²) in [5.41, 5.74) is 5.82. The molecule has 2 aliphatic heterocycles. The predicted octanol–water partition coefficient (Wildman–Crippen LogP) is 3.59. The molecule has 2 aromatic carbocycles. The van der Waals surface area contributed by atoms with Crippen LogP contribution in [-0.2, 0) is 11.3 Å². The fourth-order valence-corrected chi connectivity index (χ4v) is 4.51. The summed E-state index contributed by atoms with van der Waals surface area (Å²) in [6.07, 6.45) is 3.94. The molecule has 2 N–H and O–H groups in total. The van der Waals surface area contributed by atoms with E-state index >= 15 is 0 Å². The Morgan fingerprint density at radius 3 is 2.25 bits per heavy atom. The molecule has 2 heterocycles. The summed E-state index contributed by atoms with van der Waals surface area (Å²) in [4.78, 5) is 19.4. The number of aryl methyl sites for hydroxylation is 1. The first kappa shape index (κ1) is 22.6. The van der Waals surface area contributed by atoms with E-state index in [-0.39, 0.29) is 5.91 Å². The van der Waals surface area contributed by atoms with Gasteiger partial charge in [-0.25, -0.2) is 0 Å². The largest absolute Gasteiger partial charge is 0.372 e. The Morgan fingerprint density at radius 2 is 1.56 bits per heavy atom. The van der Waals surface area contributed by atoms with Gasteiger partial charge in [-0.2, -0.15) is 0 Å². The van der Waals surface area contributed by atoms with Crippen molar-refractivity contribution in [3.8, 4) is 0 Å². The molecule has 6 nitrogen and oxygen atoms in total. The van der Waals surface area contributed by atoms with Gasteiger partial charge in [0.1, 0.15) is 0 Å². The Morgan fingerprint density at radius 1 is 0.875 bits per heavy atom. The van der Waals surface area contributed by atoms with E-state index in [1.54, 1.807) is 0 Å². The Labute approximate surface area is 192 Å². The maximum atomic E-state index is 12.3. The molecule has 0 atom stereocenters. The van der Waals surface area contributed by atoms with E-state index in [9.17, 15) is 4.79 Å². The van der Waals surface area contributed by atoms with Crippen LogP contribution >= 0.6 is 0 Å². The number of benzene rings is 2. The van der Waals surface area contributed by atoms with E-state index in [2.05, 4.69) is 81.8 Å². The Kier molecular flexibility index (Phi) is 7.66. The third-order valence-corrected chi connectivity index (χ3v) is 6.66. The van der Waals surface area contributed by atoms with Crippen LogP contribution in [0, 0.1) is 6.92 Å². The summed E-state index contributed by atoms with van der Waals surface area (Å²) in [7, 11) is 2.13. The zero-order valence-electron chi connectivity index (χ0n) is 19.6. The van der Waals surface area contributed by atoms with Gasteiger partial charge in [-0.1, -0.05) is 6.07 Å². The summed E-state index contributed by atoms with van der Waals surface area (Å²) in [6, 6.07) is 15.1. The van der Waals surface area contributed by atoms with Crippen LogP contribution in [0.5, 0.6) is 0 Å². The standard InChI is InChI=1S/C26H37N5O/c1-21-18-24(28-23-8-10-25(11-9-23)31-12-4-3-5-13-31)7-6-22(21)19-27-26(32)20-30-16-14-29(2)15-17-30/h6-11,18,28H,3-5,12-17,19-20H2,1-2H3,(H,27,32). The van der Waals surface area contributed by atoms with Crippen molar-refractivity contribution in [2.45, 2.75) is 32.7 Å². The molecule has 32 heavy (non-hydrogen) atoms. The van der Waals surface area contributed by atoms with Gasteiger partial charge in [0.05, 0.1) is 6.54 Å². The van der Waals surface area contributed by atoms with Gasteiger partial charge in [-0.3, -0.25) is 9.69 Å². The first-order chi connectivity index (χ1) is 15.6. The van der Waals surface area contributed by atoms with Crippen LogP contribution < -0.4 is 15.5 Å². The van der Waals surface area contributed by atoms with Crippen LogP contribution in [0.25, 0.3) is 0 Å². The lowest BCUT2D eigenvalue weighted by Gasteiger charge is -2.31. The molecule has 6 heteroatoms. The van der Waals surface area contributed by atoms with E-state index in [0.717, 1.165) is 43.1 Å². The van der Waals surface area contributed by atoms with E-state index in [0.29, 0.717) is 13.1 Å². The number of piperidine rings is 1. The van der Waals surface area contributed by atoms with Gasteiger partial charge in [-0.15, -0.1) is 0 Å². The highest BCUT2D eigenvalue weighted by atomic mass is 16.2. The zero-order valence-corrected chi connectivity index (χ0v) is 19.6. The average molecular weight is 436 g/mol. The van der Waals surface area contributed by atoms with Crippen LogP contribution in [-0.4, -0.2) is 68.6 Å². The topological polar surface area (TPSA) is 50.9 Å². The summed E-state index contributed by atoms with van der Waals surface area (Å²) in [5.74, 6) is 0.102. The van der Waals surface area contributed by atoms with Crippen molar-refractivity contribution in [3.63, 3.8) is 0 Å². The van der Waals surface area contributed by atoms with Gasteiger partial charge in [0.15, 0.2) is 0 Å². The maximum absolute atomic E-state index is 12.3. The smallest absolute Gasteiger partial charge is 0.234 e. The lowest BCUT2D eigenvalue weighted by molar-refractivity contribution is -0.122. The van der Waals surface area contributed by atoms with Gasteiger partial charge < -0.3 is 20.4 Å². The number of anilines is 3. The van der Waals surface area contributed by atoms with Crippen LogP contribution in [0.2, 0.25) is 0 Å². The molecule has 0 aliphatic carbocycles. The summed E-state index contributed by atoms with van der Waals surface area (Å²) >= 11 is 0. The van der Waals surface area contributed by atoms with Gasteiger partial charge in [-0.05, 0) is 80.8 Å². The summed E-state index contributed by atoms with van der Waals surface area (Å²) in [5, 5.41) is 6.59. The molecule has 0 aromatic heterocycles. The van der Waals surface area contributed by atoms with Gasteiger partial charge in [0.25, 0.3) is 0 Å². The maximum Gasteiger partial charge on any atom is 0.234 e. The molecular weight excluding hydrogens is 398 g/mol. The van der Waals surface area contributed by atoms with Crippen molar-refractivity contribution in [3.05, 3.63) is 53.6 Å². The predicted molar refractivity (Wildman–Crippen MR) is 133 cm³/mol. The van der Waals surface area contributed by atoms with E-state index in [4.69, 9.17) is 0 Å². The van der Waals surface area contributed by atoms with E-state index < -0.39 is 0 Å². The van der Waals surface area contributed by atoms with Crippen LogP contribution in [0.4, 0.5) is 17.1 Å². The van der Waals surface area contributed by atoms with E-state index in [1.165, 1.54) is 43.6 Å². The number of hydrogen-bond donors (Lipinski definition) is 2. The van der Waals surface area contributed by atoms with Gasteiger partial charge >= 0.3 is 0 Å². The number of piperazine rings is 1. The Bertz CT molecular complexity index is 884. The minimum Gasteiger partial charge on any atom is -0.372 e. The number of carbonyl (C=O) groups is 1. The SMILES string of the molecule is Cc1cc(Nc2ccc(N3CCCCC3)cc2)ccc1CNC(=O)CN1CCN(C)CC1. The molecular formula is C26H37N5O. The summed E-state index contributed by atoms with van der Waals surface area (Å²) in [6.45, 7) is 9.47. The number of rotatable bonds is 7. The average Bonchev–Trinajstić information content (AvgIpc) is 2.81. The third-order valence-electron chi connectivity index (χ3n) is 6.66. The minimum atomic E-state index is 0.102. The molecule has 0 unspecified atom stereocenters. The lowest BCUT2D eigenvalue weighted by Crippen LogP contribution is -2.48. The second-order valence-electron chi connectivity index (χ2n) is 9.22. The number of nitrogens with one attached hydrogen (secondary N) is 2. The van der Waals surface area contributed by atoms with Crippen molar-refractivity contribution in [1.82, 2.24) is 15.1 Å². The molecule has 2 aliphatic rings.